The zero-order chi connectivity index (χ0) is 43.0. The molecule has 0 atom stereocenters. The van der Waals surface area contributed by atoms with Crippen molar-refractivity contribution < 1.29 is 14.7 Å². The van der Waals surface area contributed by atoms with Gasteiger partial charge in [-0.1, -0.05) is 157 Å². The van der Waals surface area contributed by atoms with Crippen molar-refractivity contribution in [1.82, 2.24) is 0 Å². The van der Waals surface area contributed by atoms with Crippen molar-refractivity contribution in [3.05, 3.63) is 231 Å². The van der Waals surface area contributed by atoms with Crippen molar-refractivity contribution in [1.29, 1.82) is 0 Å². The molecule has 0 aliphatic carbocycles. The lowest BCUT2D eigenvalue weighted by molar-refractivity contribution is -0.133. The highest BCUT2D eigenvalue weighted by molar-refractivity contribution is 8.45. The summed E-state index contributed by atoms with van der Waals surface area (Å²) in [5.74, 6) is -1.07. The number of carbonyl (C=O) groups excluding carboxylic acids is 1. The van der Waals surface area contributed by atoms with Gasteiger partial charge in [0.05, 0.1) is 5.75 Å². The molecule has 0 bridgehead atoms. The van der Waals surface area contributed by atoms with Gasteiger partial charge < -0.3 is 10.4 Å². The van der Waals surface area contributed by atoms with Crippen LogP contribution in [0.15, 0.2) is 181 Å². The maximum absolute atomic E-state index is 12.4. The van der Waals surface area contributed by atoms with E-state index in [0.29, 0.717) is 10.1 Å². The van der Waals surface area contributed by atoms with Crippen LogP contribution < -0.4 is 5.32 Å². The van der Waals surface area contributed by atoms with Gasteiger partial charge in [-0.25, -0.2) is 4.99 Å². The second-order valence-electron chi connectivity index (χ2n) is 15.1. The van der Waals surface area contributed by atoms with Gasteiger partial charge in [-0.3, -0.25) is 9.59 Å². The van der Waals surface area contributed by atoms with Crippen LogP contribution in [0.25, 0.3) is 40.5 Å². The molecule has 0 fully saturated rings. The van der Waals surface area contributed by atoms with Crippen LogP contribution in [0.4, 0.5) is 11.4 Å². The number of nitrogens with one attached hydrogen (secondary N) is 1. The van der Waals surface area contributed by atoms with E-state index >= 15 is 0 Å². The van der Waals surface area contributed by atoms with E-state index in [4.69, 9.17) is 5.11 Å². The Morgan fingerprint density at radius 1 is 0.597 bits per heavy atom. The van der Waals surface area contributed by atoms with Crippen molar-refractivity contribution in [2.75, 3.05) is 11.1 Å². The number of carboxylic acids is 1. The Kier molecular flexibility index (Phi) is 12.9. The number of anilines is 2. The molecule has 2 N–H and O–H groups in total. The molecule has 1 aliphatic rings. The van der Waals surface area contributed by atoms with E-state index in [1.807, 2.05) is 30.3 Å². The first-order valence-electron chi connectivity index (χ1n) is 20.3. The molecule has 0 unspecified atom stereocenters. The van der Waals surface area contributed by atoms with E-state index in [1.165, 1.54) is 44.5 Å². The lowest BCUT2D eigenvalue weighted by atomic mass is 9.91. The summed E-state index contributed by atoms with van der Waals surface area (Å²) in [5, 5.41) is 12.2. The van der Waals surface area contributed by atoms with Gasteiger partial charge in [0, 0.05) is 11.4 Å². The van der Waals surface area contributed by atoms with Crippen LogP contribution in [-0.4, -0.2) is 26.3 Å². The number of benzene rings is 7. The van der Waals surface area contributed by atoms with Gasteiger partial charge in [-0.05, 0) is 153 Å². The SMILES string of the molecule is Cc1ccc(/C(=C/c2ccc(-c3ccc(/C(=C/c4ccc(Nc5ccc(/C=C6\N=C(SCC(=O)O)SC6=O)cc5)cc4)c4ccccc4)cc3C)cc2)c2ccccc2)cc1C. The number of thioether (sulfide) groups is 2. The second kappa shape index (κ2) is 19.2. The van der Waals surface area contributed by atoms with Crippen LogP contribution >= 0.6 is 23.5 Å². The summed E-state index contributed by atoms with van der Waals surface area (Å²) in [4.78, 5) is 27.6. The Hall–Kier alpha value is -6.93. The molecule has 7 heteroatoms. The Bertz CT molecular complexity index is 2880. The Balaban J connectivity index is 0.993. The molecule has 0 radical (unpaired) electrons. The van der Waals surface area contributed by atoms with Crippen molar-refractivity contribution >= 4 is 79.7 Å². The molecule has 1 heterocycles. The highest BCUT2D eigenvalue weighted by atomic mass is 32.2. The van der Waals surface area contributed by atoms with Gasteiger partial charge >= 0.3 is 5.97 Å². The van der Waals surface area contributed by atoms with Gasteiger partial charge in [-0.15, -0.1) is 0 Å². The minimum atomic E-state index is -0.944. The average Bonchev–Trinajstić information content (AvgIpc) is 3.65. The summed E-state index contributed by atoms with van der Waals surface area (Å²) in [7, 11) is 0. The summed E-state index contributed by atoms with van der Waals surface area (Å²) in [6, 6.07) is 59.6. The number of hydrogen-bond acceptors (Lipinski definition) is 6. The lowest BCUT2D eigenvalue weighted by Crippen LogP contribution is -1.99. The Morgan fingerprint density at radius 2 is 1.11 bits per heavy atom. The molecule has 0 amide bonds. The topological polar surface area (TPSA) is 78.8 Å². The first-order valence-corrected chi connectivity index (χ1v) is 22.1. The molecule has 0 saturated heterocycles. The third-order valence-corrected chi connectivity index (χ3v) is 12.7. The smallest absolute Gasteiger partial charge is 0.313 e. The Labute approximate surface area is 371 Å². The zero-order valence-corrected chi connectivity index (χ0v) is 36.3. The quantitative estimate of drug-likeness (QED) is 0.0942. The summed E-state index contributed by atoms with van der Waals surface area (Å²) in [6.07, 6.45) is 6.25. The standard InChI is InChI=1S/C55H44N2O3S2/c1-36-14-21-45(30-37(36)2)50(42-10-6-4-7-11-42)32-39-15-22-44(23-16-39)49-29-24-46(31-38(49)3)51(43-12-8-5-9-13-43)33-40-17-25-47(26-18-40)56-48-27-19-41(20-28-48)34-52-54(60)62-55(57-52)61-35-53(58)59/h4-34,56H,35H2,1-3H3,(H,58,59)/b50-32+,51-33+,52-34-. The molecule has 1 aliphatic heterocycles. The van der Waals surface area contributed by atoms with Gasteiger partial charge in [0.1, 0.15) is 10.1 Å². The minimum absolute atomic E-state index is 0.131. The molecule has 8 rings (SSSR count). The van der Waals surface area contributed by atoms with Crippen LogP contribution in [0.5, 0.6) is 0 Å². The summed E-state index contributed by atoms with van der Waals surface area (Å²) >= 11 is 2.02. The molecule has 62 heavy (non-hydrogen) atoms. The molecule has 7 aromatic carbocycles. The number of aliphatic carboxylic acids is 1. The van der Waals surface area contributed by atoms with Crippen molar-refractivity contribution in [2.45, 2.75) is 20.8 Å². The Morgan fingerprint density at radius 3 is 1.65 bits per heavy atom. The fourth-order valence-electron chi connectivity index (χ4n) is 7.28. The molecule has 0 aromatic heterocycles. The van der Waals surface area contributed by atoms with Crippen molar-refractivity contribution in [3.63, 3.8) is 0 Å². The highest BCUT2D eigenvalue weighted by Gasteiger charge is 2.23. The highest BCUT2D eigenvalue weighted by Crippen LogP contribution is 2.34. The number of aliphatic imine (C=N–C) groups is 1. The van der Waals surface area contributed by atoms with Crippen molar-refractivity contribution in [3.8, 4) is 11.1 Å². The molecule has 5 nitrogen and oxygen atoms in total. The summed E-state index contributed by atoms with van der Waals surface area (Å²) in [6.45, 7) is 6.52. The monoisotopic (exact) mass is 844 g/mol. The van der Waals surface area contributed by atoms with Crippen LogP contribution in [0.2, 0.25) is 0 Å². The van der Waals surface area contributed by atoms with E-state index in [2.05, 4.69) is 183 Å². The molecule has 7 aromatic rings. The van der Waals surface area contributed by atoms with Gasteiger partial charge in [-0.2, -0.15) is 0 Å². The maximum Gasteiger partial charge on any atom is 0.313 e. The van der Waals surface area contributed by atoms with E-state index in [-0.39, 0.29) is 10.9 Å². The summed E-state index contributed by atoms with van der Waals surface area (Å²) < 4.78 is 0.456. The first-order chi connectivity index (χ1) is 30.1. The third-order valence-electron chi connectivity index (χ3n) is 10.7. The number of hydrogen-bond donors (Lipinski definition) is 2. The van der Waals surface area contributed by atoms with E-state index in [9.17, 15) is 9.59 Å². The predicted molar refractivity (Wildman–Crippen MR) is 264 cm³/mol. The average molecular weight is 845 g/mol. The minimum Gasteiger partial charge on any atom is -0.481 e. The second-order valence-corrected chi connectivity index (χ2v) is 17.3. The first kappa shape index (κ1) is 41.8. The largest absolute Gasteiger partial charge is 0.481 e. The maximum atomic E-state index is 12.4. The molecule has 0 saturated carbocycles. The normalized spacial score (nSPS) is 13.6. The number of nitrogens with zero attached hydrogens (tertiary/aromatic N) is 1. The van der Waals surface area contributed by atoms with E-state index in [1.54, 1.807) is 6.08 Å². The lowest BCUT2D eigenvalue weighted by Gasteiger charge is -2.14. The number of carbonyl (C=O) groups is 2. The number of rotatable bonds is 12. The molecule has 304 valence electrons. The van der Waals surface area contributed by atoms with Crippen molar-refractivity contribution in [2.24, 2.45) is 4.99 Å². The van der Waals surface area contributed by atoms with Gasteiger partial charge in [0.2, 0.25) is 5.12 Å². The van der Waals surface area contributed by atoms with Crippen LogP contribution in [0, 0.1) is 20.8 Å². The molecular weight excluding hydrogens is 801 g/mol. The molecule has 0 spiro atoms. The van der Waals surface area contributed by atoms with Gasteiger partial charge in [0.25, 0.3) is 0 Å². The molecular formula is C55H44N2O3S2. The number of carboxylic acid groups (broad SMARTS) is 1. The van der Waals surface area contributed by atoms with Crippen LogP contribution in [-0.2, 0) is 9.59 Å². The van der Waals surface area contributed by atoms with Crippen LogP contribution in [0.3, 0.4) is 0 Å². The fourth-order valence-corrected chi connectivity index (χ4v) is 8.84. The van der Waals surface area contributed by atoms with E-state index in [0.717, 1.165) is 68.3 Å². The van der Waals surface area contributed by atoms with E-state index < -0.39 is 5.97 Å². The van der Waals surface area contributed by atoms with Crippen LogP contribution in [0.1, 0.15) is 55.6 Å². The fraction of sp³-hybridized carbons (Fsp3) is 0.0727. The zero-order valence-electron chi connectivity index (χ0n) is 34.6. The predicted octanol–water partition coefficient (Wildman–Crippen LogP) is 14.0. The van der Waals surface area contributed by atoms with Gasteiger partial charge in [0.15, 0.2) is 0 Å². The summed E-state index contributed by atoms with van der Waals surface area (Å²) in [5.41, 5.74) is 18.4. The number of aryl methyl sites for hydroxylation is 3. The third kappa shape index (κ3) is 10.3.